The highest BCUT2D eigenvalue weighted by Gasteiger charge is 2.45. The van der Waals surface area contributed by atoms with Crippen molar-refractivity contribution in [2.75, 3.05) is 6.54 Å². The van der Waals surface area contributed by atoms with Crippen molar-refractivity contribution in [2.24, 2.45) is 0 Å². The Labute approximate surface area is 244 Å². The lowest BCUT2D eigenvalue weighted by molar-refractivity contribution is -0.206. The summed E-state index contributed by atoms with van der Waals surface area (Å²) in [7, 11) is 0. The molecule has 7 nitrogen and oxygen atoms in total. The number of alkyl halides is 3. The molecule has 2 aromatic heterocycles. The van der Waals surface area contributed by atoms with E-state index in [1.165, 1.54) is 12.7 Å². The Bertz CT molecular complexity index is 1770. The molecule has 5 aromatic rings. The highest BCUT2D eigenvalue weighted by Crippen LogP contribution is 2.45. The zero-order chi connectivity index (χ0) is 29.6. The average Bonchev–Trinajstić information content (AvgIpc) is 3.62. The lowest BCUT2D eigenvalue weighted by Crippen LogP contribution is -2.46. The molecule has 0 bridgehead atoms. The van der Waals surface area contributed by atoms with Crippen molar-refractivity contribution < 1.29 is 23.1 Å². The molecule has 0 saturated heterocycles. The molecule has 0 saturated carbocycles. The fourth-order valence-corrected chi connectivity index (χ4v) is 6.27. The van der Waals surface area contributed by atoms with Gasteiger partial charge < -0.3 is 15.0 Å². The topological polar surface area (TPSA) is 85.0 Å². The molecule has 6 rings (SSSR count). The van der Waals surface area contributed by atoms with Crippen molar-refractivity contribution in [1.29, 1.82) is 0 Å². The standard InChI is InChI=1S/C31H27ClF3N5O2/c1-19-7-10-25-23(13-19)27(28(41)31(33,34)35)26-11-12-30(16-40(25)26,20-5-3-2-4-6-20)15-36-29(42)22-9-8-21(14-24(22)32)39-17-37-38-18-39/h2-10,13-14,17-18,28,41H,11-12,15-16H2,1H3,(H,36,42)/t28?,30-/m1/s1. The molecule has 0 fully saturated rings. The van der Waals surface area contributed by atoms with Gasteiger partial charge in [-0.05, 0) is 55.7 Å². The quantitative estimate of drug-likeness (QED) is 0.249. The molecular formula is C31H27ClF3N5O2. The van der Waals surface area contributed by atoms with E-state index in [-0.39, 0.29) is 29.5 Å². The number of aromatic nitrogens is 4. The predicted molar refractivity (Wildman–Crippen MR) is 153 cm³/mol. The van der Waals surface area contributed by atoms with Crippen LogP contribution in [-0.2, 0) is 18.4 Å². The van der Waals surface area contributed by atoms with Gasteiger partial charge in [0.15, 0.2) is 6.10 Å². The van der Waals surface area contributed by atoms with Gasteiger partial charge >= 0.3 is 6.18 Å². The molecular weight excluding hydrogens is 567 g/mol. The van der Waals surface area contributed by atoms with Crippen LogP contribution in [0.15, 0.2) is 79.4 Å². The predicted octanol–water partition coefficient (Wildman–Crippen LogP) is 6.09. The summed E-state index contributed by atoms with van der Waals surface area (Å²) >= 11 is 6.49. The van der Waals surface area contributed by atoms with E-state index in [1.54, 1.807) is 34.9 Å². The summed E-state index contributed by atoms with van der Waals surface area (Å²) in [6.07, 6.45) is -3.59. The Balaban J connectivity index is 1.36. The molecule has 11 heteroatoms. The minimum Gasteiger partial charge on any atom is -0.379 e. The van der Waals surface area contributed by atoms with Gasteiger partial charge in [-0.1, -0.05) is 53.6 Å². The molecule has 3 aromatic carbocycles. The third-order valence-corrected chi connectivity index (χ3v) is 8.45. The fraction of sp³-hybridized carbons (Fsp3) is 0.258. The molecule has 1 aliphatic heterocycles. The zero-order valence-electron chi connectivity index (χ0n) is 22.6. The molecule has 3 heterocycles. The first-order valence-corrected chi connectivity index (χ1v) is 13.8. The molecule has 42 heavy (non-hydrogen) atoms. The Morgan fingerprint density at radius 2 is 1.83 bits per heavy atom. The number of rotatable bonds is 6. The highest BCUT2D eigenvalue weighted by atomic mass is 35.5. The van der Waals surface area contributed by atoms with Crippen LogP contribution >= 0.6 is 11.6 Å². The van der Waals surface area contributed by atoms with E-state index in [0.717, 1.165) is 11.1 Å². The highest BCUT2D eigenvalue weighted by molar-refractivity contribution is 6.34. The summed E-state index contributed by atoms with van der Waals surface area (Å²) < 4.78 is 45.0. The summed E-state index contributed by atoms with van der Waals surface area (Å²) in [6, 6.07) is 20.0. The van der Waals surface area contributed by atoms with Crippen LogP contribution in [0.25, 0.3) is 16.6 Å². The first kappa shape index (κ1) is 28.0. The van der Waals surface area contributed by atoms with Crippen molar-refractivity contribution in [3.63, 3.8) is 0 Å². The van der Waals surface area contributed by atoms with Gasteiger partial charge in [0.25, 0.3) is 5.91 Å². The van der Waals surface area contributed by atoms with Crippen LogP contribution < -0.4 is 5.32 Å². The SMILES string of the molecule is Cc1ccc2c(c1)c(C(O)C(F)(F)F)c1n2C[C@@](CNC(=O)c2ccc(-n3cnnc3)cc2Cl)(c2ccccc2)CC1. The number of nitrogens with one attached hydrogen (secondary N) is 1. The number of fused-ring (bicyclic) bond motifs is 3. The van der Waals surface area contributed by atoms with Crippen LogP contribution in [0.2, 0.25) is 5.02 Å². The molecule has 0 radical (unpaired) electrons. The van der Waals surface area contributed by atoms with Gasteiger partial charge in [-0.15, -0.1) is 10.2 Å². The van der Waals surface area contributed by atoms with Crippen molar-refractivity contribution in [3.05, 3.63) is 112 Å². The second-order valence-electron chi connectivity index (χ2n) is 10.8. The number of carbonyl (C=O) groups excluding carboxylic acids is 1. The van der Waals surface area contributed by atoms with Gasteiger partial charge in [0.05, 0.1) is 10.6 Å². The van der Waals surface area contributed by atoms with Crippen LogP contribution in [0.1, 0.15) is 45.3 Å². The van der Waals surface area contributed by atoms with Crippen LogP contribution in [0.5, 0.6) is 0 Å². The number of aliphatic hydroxyl groups excluding tert-OH is 1. The lowest BCUT2D eigenvalue weighted by Gasteiger charge is -2.40. The van der Waals surface area contributed by atoms with Gasteiger partial charge in [0.1, 0.15) is 12.7 Å². The molecule has 0 spiro atoms. The maximum absolute atomic E-state index is 13.8. The van der Waals surface area contributed by atoms with Gasteiger partial charge in [-0.3, -0.25) is 9.36 Å². The monoisotopic (exact) mass is 593 g/mol. The smallest absolute Gasteiger partial charge is 0.379 e. The van der Waals surface area contributed by atoms with Crippen molar-refractivity contribution >= 4 is 28.4 Å². The van der Waals surface area contributed by atoms with Crippen LogP contribution in [-0.4, -0.2) is 43.1 Å². The average molecular weight is 594 g/mol. The Kier molecular flexibility index (Phi) is 7.06. The number of benzene rings is 3. The molecule has 1 unspecified atom stereocenters. The zero-order valence-corrected chi connectivity index (χ0v) is 23.3. The van der Waals surface area contributed by atoms with E-state index in [1.807, 2.05) is 47.9 Å². The van der Waals surface area contributed by atoms with E-state index in [4.69, 9.17) is 11.6 Å². The summed E-state index contributed by atoms with van der Waals surface area (Å²) in [5.41, 5.74) is 3.12. The second kappa shape index (κ2) is 10.6. The molecule has 1 aliphatic rings. The van der Waals surface area contributed by atoms with Crippen LogP contribution in [0.4, 0.5) is 13.2 Å². The van der Waals surface area contributed by atoms with Crippen LogP contribution in [0.3, 0.4) is 0 Å². The van der Waals surface area contributed by atoms with Crippen molar-refractivity contribution in [3.8, 4) is 5.69 Å². The van der Waals surface area contributed by atoms with Gasteiger partial charge in [0, 0.05) is 46.4 Å². The van der Waals surface area contributed by atoms with E-state index in [9.17, 15) is 23.1 Å². The normalized spacial score (nSPS) is 17.7. The number of aliphatic hydroxyl groups is 1. The molecule has 1 amide bonds. The molecule has 2 atom stereocenters. The first-order chi connectivity index (χ1) is 20.1. The molecule has 0 aliphatic carbocycles. The third-order valence-electron chi connectivity index (χ3n) is 8.14. The lowest BCUT2D eigenvalue weighted by atomic mass is 9.73. The Hall–Kier alpha value is -4.15. The van der Waals surface area contributed by atoms with Crippen molar-refractivity contribution in [2.45, 2.75) is 44.0 Å². The number of halogens is 4. The number of amides is 1. The second-order valence-corrected chi connectivity index (χ2v) is 11.2. The Morgan fingerprint density at radius 1 is 1.10 bits per heavy atom. The van der Waals surface area contributed by atoms with Gasteiger partial charge in [-0.2, -0.15) is 13.2 Å². The number of nitrogens with zero attached hydrogens (tertiary/aromatic N) is 4. The number of carbonyl (C=O) groups is 1. The first-order valence-electron chi connectivity index (χ1n) is 13.4. The van der Waals surface area contributed by atoms with Gasteiger partial charge in [0.2, 0.25) is 0 Å². The number of hydrogen-bond donors (Lipinski definition) is 2. The maximum Gasteiger partial charge on any atom is 0.418 e. The van der Waals surface area contributed by atoms with Crippen LogP contribution in [0, 0.1) is 6.92 Å². The molecule has 216 valence electrons. The number of hydrogen-bond acceptors (Lipinski definition) is 4. The minimum absolute atomic E-state index is 0.0909. The molecule has 2 N–H and O–H groups in total. The van der Waals surface area contributed by atoms with Gasteiger partial charge in [-0.25, -0.2) is 0 Å². The third kappa shape index (κ3) is 4.94. The fourth-order valence-electron chi connectivity index (χ4n) is 6.01. The van der Waals surface area contributed by atoms with E-state index in [0.29, 0.717) is 40.8 Å². The van der Waals surface area contributed by atoms with E-state index >= 15 is 0 Å². The van der Waals surface area contributed by atoms with E-state index < -0.39 is 17.7 Å². The summed E-state index contributed by atoms with van der Waals surface area (Å²) in [6.45, 7) is 2.35. The maximum atomic E-state index is 13.8. The summed E-state index contributed by atoms with van der Waals surface area (Å²) in [5.74, 6) is -0.363. The Morgan fingerprint density at radius 3 is 2.52 bits per heavy atom. The largest absolute Gasteiger partial charge is 0.418 e. The van der Waals surface area contributed by atoms with Crippen molar-refractivity contribution in [1.82, 2.24) is 24.6 Å². The van der Waals surface area contributed by atoms with E-state index in [2.05, 4.69) is 15.5 Å². The summed E-state index contributed by atoms with van der Waals surface area (Å²) in [4.78, 5) is 13.4. The summed E-state index contributed by atoms with van der Waals surface area (Å²) in [5, 5.41) is 21.7. The minimum atomic E-state index is -4.80. The number of aryl methyl sites for hydroxylation is 1.